The smallest absolute Gasteiger partial charge is 0.308 e. The number of halogens is 1. The van der Waals surface area contributed by atoms with Crippen molar-refractivity contribution in [2.45, 2.75) is 19.8 Å². The molecule has 1 aliphatic heterocycles. The van der Waals surface area contributed by atoms with Gasteiger partial charge in [0.05, 0.1) is 13.0 Å². The molecule has 0 atom stereocenters. The number of piperidine rings is 1. The summed E-state index contributed by atoms with van der Waals surface area (Å²) in [6.07, 6.45) is 1.53. The first kappa shape index (κ1) is 16.0. The summed E-state index contributed by atoms with van der Waals surface area (Å²) in [4.78, 5) is 13.6. The first-order valence-electron chi connectivity index (χ1n) is 6.91. The van der Waals surface area contributed by atoms with Crippen molar-refractivity contribution in [3.8, 4) is 0 Å². The molecule has 6 heteroatoms. The third kappa shape index (κ3) is 3.86. The number of methoxy groups -OCH3 is 1. The number of rotatable bonds is 2. The SMILES string of the molecule is COC(=O)C1CCN(C(=S)Nc2cccc(Cl)c2C)CC1. The van der Waals surface area contributed by atoms with Crippen molar-refractivity contribution >= 4 is 40.6 Å². The molecule has 1 aromatic rings. The fourth-order valence-corrected chi connectivity index (χ4v) is 2.89. The maximum absolute atomic E-state index is 11.5. The summed E-state index contributed by atoms with van der Waals surface area (Å²) in [5, 5.41) is 4.62. The van der Waals surface area contributed by atoms with Crippen LogP contribution in [0.15, 0.2) is 18.2 Å². The van der Waals surface area contributed by atoms with Crippen molar-refractivity contribution in [3.05, 3.63) is 28.8 Å². The number of carbonyl (C=O) groups is 1. The van der Waals surface area contributed by atoms with E-state index in [1.165, 1.54) is 7.11 Å². The summed E-state index contributed by atoms with van der Waals surface area (Å²) >= 11 is 11.6. The molecule has 1 aromatic carbocycles. The van der Waals surface area contributed by atoms with E-state index in [1.807, 2.05) is 25.1 Å². The van der Waals surface area contributed by atoms with Crippen LogP contribution >= 0.6 is 23.8 Å². The zero-order valence-corrected chi connectivity index (χ0v) is 13.8. The van der Waals surface area contributed by atoms with Crippen LogP contribution in [0, 0.1) is 12.8 Å². The van der Waals surface area contributed by atoms with Gasteiger partial charge in [0.2, 0.25) is 0 Å². The topological polar surface area (TPSA) is 41.6 Å². The fourth-order valence-electron chi connectivity index (χ4n) is 2.42. The molecule has 1 aliphatic rings. The number of carbonyl (C=O) groups excluding carboxylic acids is 1. The molecule has 0 amide bonds. The molecular weight excluding hydrogens is 308 g/mol. The van der Waals surface area contributed by atoms with Gasteiger partial charge in [-0.3, -0.25) is 4.79 Å². The van der Waals surface area contributed by atoms with Crippen LogP contribution in [0.2, 0.25) is 5.02 Å². The second-order valence-electron chi connectivity index (χ2n) is 5.13. The predicted octanol–water partition coefficient (Wildman–Crippen LogP) is 3.23. The number of thiocarbonyl (C=S) groups is 1. The zero-order valence-electron chi connectivity index (χ0n) is 12.2. The van der Waals surface area contributed by atoms with Gasteiger partial charge in [0, 0.05) is 23.8 Å². The number of hydrogen-bond acceptors (Lipinski definition) is 3. The van der Waals surface area contributed by atoms with E-state index in [0.29, 0.717) is 10.1 Å². The van der Waals surface area contributed by atoms with Crippen molar-refractivity contribution in [1.29, 1.82) is 0 Å². The van der Waals surface area contributed by atoms with E-state index in [2.05, 4.69) is 10.2 Å². The van der Waals surface area contributed by atoms with Crippen molar-refractivity contribution in [2.24, 2.45) is 5.92 Å². The van der Waals surface area contributed by atoms with Crippen LogP contribution in [-0.4, -0.2) is 36.2 Å². The van der Waals surface area contributed by atoms with E-state index in [1.54, 1.807) is 0 Å². The number of nitrogens with zero attached hydrogens (tertiary/aromatic N) is 1. The number of anilines is 1. The van der Waals surface area contributed by atoms with Crippen molar-refractivity contribution in [3.63, 3.8) is 0 Å². The minimum absolute atomic E-state index is 0.0121. The summed E-state index contributed by atoms with van der Waals surface area (Å²) < 4.78 is 4.79. The van der Waals surface area contributed by atoms with Crippen LogP contribution in [0.5, 0.6) is 0 Å². The van der Waals surface area contributed by atoms with Crippen LogP contribution < -0.4 is 5.32 Å². The summed E-state index contributed by atoms with van der Waals surface area (Å²) in [6.45, 7) is 3.47. The van der Waals surface area contributed by atoms with Gasteiger partial charge < -0.3 is 15.0 Å². The monoisotopic (exact) mass is 326 g/mol. The second-order valence-corrected chi connectivity index (χ2v) is 5.92. The quantitative estimate of drug-likeness (QED) is 0.667. The summed E-state index contributed by atoms with van der Waals surface area (Å²) in [5.74, 6) is -0.138. The van der Waals surface area contributed by atoms with E-state index in [-0.39, 0.29) is 11.9 Å². The number of nitrogens with one attached hydrogen (secondary N) is 1. The Balaban J connectivity index is 1.93. The maximum atomic E-state index is 11.5. The van der Waals surface area contributed by atoms with Gasteiger partial charge in [0.1, 0.15) is 0 Å². The molecule has 1 fully saturated rings. The Morgan fingerprint density at radius 3 is 2.71 bits per heavy atom. The molecule has 1 saturated heterocycles. The highest BCUT2D eigenvalue weighted by atomic mass is 35.5. The Morgan fingerprint density at radius 2 is 2.10 bits per heavy atom. The van der Waals surface area contributed by atoms with Crippen LogP contribution in [0.4, 0.5) is 5.69 Å². The Hall–Kier alpha value is -1.33. The molecule has 0 radical (unpaired) electrons. The Bertz CT molecular complexity index is 542. The largest absolute Gasteiger partial charge is 0.469 e. The molecule has 114 valence electrons. The summed E-state index contributed by atoms with van der Waals surface area (Å²) in [5.41, 5.74) is 1.90. The molecule has 1 N–H and O–H groups in total. The Kier molecular flexibility index (Phi) is 5.42. The number of benzene rings is 1. The van der Waals surface area contributed by atoms with Crippen molar-refractivity contribution < 1.29 is 9.53 Å². The summed E-state index contributed by atoms with van der Waals surface area (Å²) in [7, 11) is 1.43. The van der Waals surface area contributed by atoms with Gasteiger partial charge in [0.25, 0.3) is 0 Å². The highest BCUT2D eigenvalue weighted by Crippen LogP contribution is 2.24. The highest BCUT2D eigenvalue weighted by Gasteiger charge is 2.26. The number of hydrogen-bond donors (Lipinski definition) is 1. The van der Waals surface area contributed by atoms with E-state index in [0.717, 1.165) is 37.2 Å². The minimum atomic E-state index is -0.126. The third-order valence-electron chi connectivity index (χ3n) is 3.83. The van der Waals surface area contributed by atoms with E-state index in [9.17, 15) is 4.79 Å². The van der Waals surface area contributed by atoms with Gasteiger partial charge in [-0.1, -0.05) is 17.7 Å². The van der Waals surface area contributed by atoms with Gasteiger partial charge in [-0.05, 0) is 49.7 Å². The second kappa shape index (κ2) is 7.09. The fraction of sp³-hybridized carbons (Fsp3) is 0.467. The molecule has 0 bridgehead atoms. The zero-order chi connectivity index (χ0) is 15.4. The molecule has 21 heavy (non-hydrogen) atoms. The molecule has 2 rings (SSSR count). The molecule has 0 saturated carbocycles. The highest BCUT2D eigenvalue weighted by molar-refractivity contribution is 7.80. The van der Waals surface area contributed by atoms with Crippen LogP contribution in [-0.2, 0) is 9.53 Å². The van der Waals surface area contributed by atoms with E-state index >= 15 is 0 Å². The lowest BCUT2D eigenvalue weighted by molar-refractivity contribution is -0.146. The molecule has 0 unspecified atom stereocenters. The van der Waals surface area contributed by atoms with Gasteiger partial charge in [-0.2, -0.15) is 0 Å². The van der Waals surface area contributed by atoms with Crippen molar-refractivity contribution in [1.82, 2.24) is 4.90 Å². The van der Waals surface area contributed by atoms with Gasteiger partial charge >= 0.3 is 5.97 Å². The number of esters is 1. The first-order chi connectivity index (χ1) is 10.0. The van der Waals surface area contributed by atoms with Gasteiger partial charge in [-0.25, -0.2) is 0 Å². The Labute approximate surface area is 135 Å². The lowest BCUT2D eigenvalue weighted by Crippen LogP contribution is -2.42. The van der Waals surface area contributed by atoms with Gasteiger partial charge in [-0.15, -0.1) is 0 Å². The van der Waals surface area contributed by atoms with Crippen LogP contribution in [0.3, 0.4) is 0 Å². The standard InChI is InChI=1S/C15H19ClN2O2S/c1-10-12(16)4-3-5-13(10)17-15(21)18-8-6-11(7-9-18)14(19)20-2/h3-5,11H,6-9H2,1-2H3,(H,17,21). The average Bonchev–Trinajstić information content (AvgIpc) is 2.51. The third-order valence-corrected chi connectivity index (χ3v) is 4.60. The van der Waals surface area contributed by atoms with Gasteiger partial charge in [0.15, 0.2) is 5.11 Å². The minimum Gasteiger partial charge on any atom is -0.469 e. The molecule has 0 spiro atoms. The average molecular weight is 327 g/mol. The van der Waals surface area contributed by atoms with Crippen molar-refractivity contribution in [2.75, 3.05) is 25.5 Å². The molecule has 1 heterocycles. The van der Waals surface area contributed by atoms with E-state index < -0.39 is 0 Å². The predicted molar refractivity (Wildman–Crippen MR) is 88.7 cm³/mol. The lowest BCUT2D eigenvalue weighted by Gasteiger charge is -2.32. The Morgan fingerprint density at radius 1 is 1.43 bits per heavy atom. The molecule has 4 nitrogen and oxygen atoms in total. The van der Waals surface area contributed by atoms with Crippen LogP contribution in [0.1, 0.15) is 18.4 Å². The lowest BCUT2D eigenvalue weighted by atomic mass is 9.97. The number of likely N-dealkylation sites (tertiary alicyclic amines) is 1. The first-order valence-corrected chi connectivity index (χ1v) is 7.70. The normalized spacial score (nSPS) is 15.7. The molecular formula is C15H19ClN2O2S. The van der Waals surface area contributed by atoms with E-state index in [4.69, 9.17) is 28.6 Å². The molecule has 0 aromatic heterocycles. The van der Waals surface area contributed by atoms with Crippen LogP contribution in [0.25, 0.3) is 0 Å². The molecule has 0 aliphatic carbocycles. The number of ether oxygens (including phenoxy) is 1. The maximum Gasteiger partial charge on any atom is 0.308 e. The summed E-state index contributed by atoms with van der Waals surface area (Å²) in [6, 6.07) is 5.70.